The number of piperazine rings is 1. The number of nitrogens with one attached hydrogen (secondary N) is 1. The minimum Gasteiger partial charge on any atom is -0.353 e. The van der Waals surface area contributed by atoms with E-state index in [0.717, 1.165) is 36.6 Å². The summed E-state index contributed by atoms with van der Waals surface area (Å²) in [5.41, 5.74) is 0. The first-order valence-corrected chi connectivity index (χ1v) is 6.30. The summed E-state index contributed by atoms with van der Waals surface area (Å²) >= 11 is 3.34. The molecule has 2 saturated heterocycles. The fourth-order valence-electron chi connectivity index (χ4n) is 2.31. The summed E-state index contributed by atoms with van der Waals surface area (Å²) in [6, 6.07) is 2.21. The molecule has 1 aromatic rings. The number of urea groups is 1. The van der Waals surface area contributed by atoms with E-state index in [1.165, 1.54) is 0 Å². The number of hydrogen-bond donors (Lipinski definition) is 1. The number of fused-ring (bicyclic) bond motifs is 1. The maximum absolute atomic E-state index is 11.5. The van der Waals surface area contributed by atoms with Crippen LogP contribution in [0.5, 0.6) is 0 Å². The van der Waals surface area contributed by atoms with Crippen molar-refractivity contribution in [2.45, 2.75) is 6.04 Å². The Hall–Kier alpha value is -1.37. The van der Waals surface area contributed by atoms with Gasteiger partial charge in [-0.25, -0.2) is 14.8 Å². The van der Waals surface area contributed by atoms with E-state index in [4.69, 9.17) is 0 Å². The van der Waals surface area contributed by atoms with Gasteiger partial charge in [-0.1, -0.05) is 0 Å². The van der Waals surface area contributed by atoms with Crippen LogP contribution in [0.15, 0.2) is 17.0 Å². The first-order chi connectivity index (χ1) is 8.24. The van der Waals surface area contributed by atoms with Gasteiger partial charge < -0.3 is 15.1 Å². The molecular weight excluding hydrogens is 286 g/mol. The van der Waals surface area contributed by atoms with Gasteiger partial charge in [0.2, 0.25) is 0 Å². The molecule has 0 bridgehead atoms. The largest absolute Gasteiger partial charge is 0.353 e. The summed E-state index contributed by atoms with van der Waals surface area (Å²) in [6.45, 7) is 3.11. The van der Waals surface area contributed by atoms with Crippen molar-refractivity contribution in [3.8, 4) is 0 Å². The van der Waals surface area contributed by atoms with Gasteiger partial charge in [-0.2, -0.15) is 0 Å². The highest BCUT2D eigenvalue weighted by molar-refractivity contribution is 9.10. The van der Waals surface area contributed by atoms with Crippen molar-refractivity contribution >= 4 is 27.8 Å². The van der Waals surface area contributed by atoms with E-state index in [0.29, 0.717) is 0 Å². The van der Waals surface area contributed by atoms with E-state index in [-0.39, 0.29) is 12.1 Å². The average molecular weight is 298 g/mol. The average Bonchev–Trinajstić information content (AvgIpc) is 2.71. The predicted octanol–water partition coefficient (Wildman–Crippen LogP) is 0.453. The maximum Gasteiger partial charge on any atom is 0.317 e. The maximum atomic E-state index is 11.5. The summed E-state index contributed by atoms with van der Waals surface area (Å²) < 4.78 is 0.783. The Balaban J connectivity index is 1.77. The highest BCUT2D eigenvalue weighted by atomic mass is 79.9. The van der Waals surface area contributed by atoms with E-state index in [9.17, 15) is 4.79 Å². The fraction of sp³-hybridized carbons (Fsp3) is 0.500. The zero-order valence-electron chi connectivity index (χ0n) is 9.14. The molecule has 1 aromatic heterocycles. The van der Waals surface area contributed by atoms with Gasteiger partial charge in [0.25, 0.3) is 0 Å². The van der Waals surface area contributed by atoms with Crippen molar-refractivity contribution < 1.29 is 4.79 Å². The monoisotopic (exact) mass is 297 g/mol. The van der Waals surface area contributed by atoms with E-state index < -0.39 is 0 Å². The molecule has 6 nitrogen and oxygen atoms in total. The van der Waals surface area contributed by atoms with Crippen molar-refractivity contribution in [1.29, 1.82) is 0 Å². The number of halogens is 1. The molecule has 1 atom stereocenters. The molecule has 0 aliphatic carbocycles. The fourth-order valence-corrected chi connectivity index (χ4v) is 2.61. The van der Waals surface area contributed by atoms with Crippen LogP contribution in [0.4, 0.5) is 10.6 Å². The summed E-state index contributed by atoms with van der Waals surface area (Å²) in [7, 11) is 0. The number of rotatable bonds is 1. The summed E-state index contributed by atoms with van der Waals surface area (Å²) in [4.78, 5) is 23.8. The second kappa shape index (κ2) is 4.14. The number of nitrogens with zero attached hydrogens (tertiary/aromatic N) is 4. The molecule has 0 radical (unpaired) electrons. The standard InChI is InChI=1S/C10H12BrN5O/c11-8-3-9(14-6-13-8)15-1-2-16-7(5-15)4-12-10(16)17/h3,6-7H,1-2,4-5H2,(H,12,17). The number of anilines is 1. The second-order valence-electron chi connectivity index (χ2n) is 4.18. The van der Waals surface area contributed by atoms with Crippen LogP contribution in [0.3, 0.4) is 0 Å². The van der Waals surface area contributed by atoms with Gasteiger partial charge in [0.05, 0.1) is 6.04 Å². The van der Waals surface area contributed by atoms with Gasteiger partial charge in [0.15, 0.2) is 0 Å². The van der Waals surface area contributed by atoms with E-state index in [1.54, 1.807) is 6.33 Å². The lowest BCUT2D eigenvalue weighted by molar-refractivity contribution is 0.197. The zero-order valence-corrected chi connectivity index (χ0v) is 10.7. The van der Waals surface area contributed by atoms with Gasteiger partial charge in [-0.15, -0.1) is 0 Å². The number of hydrogen-bond acceptors (Lipinski definition) is 4. The third-order valence-corrected chi connectivity index (χ3v) is 3.61. The van der Waals surface area contributed by atoms with Gasteiger partial charge >= 0.3 is 6.03 Å². The van der Waals surface area contributed by atoms with Gasteiger partial charge in [-0.05, 0) is 15.9 Å². The number of aromatic nitrogens is 2. The molecule has 2 aliphatic heterocycles. The Bertz CT molecular complexity index is 454. The molecule has 17 heavy (non-hydrogen) atoms. The molecular formula is C10H12BrN5O. The molecule has 2 aliphatic rings. The number of amides is 2. The van der Waals surface area contributed by atoms with Crippen molar-refractivity contribution in [2.24, 2.45) is 0 Å². The summed E-state index contributed by atoms with van der Waals surface area (Å²) in [5, 5.41) is 2.86. The lowest BCUT2D eigenvalue weighted by atomic mass is 10.2. The number of carbonyl (C=O) groups is 1. The first kappa shape index (κ1) is 10.8. The minimum absolute atomic E-state index is 0.0542. The van der Waals surface area contributed by atoms with Crippen LogP contribution in [0.25, 0.3) is 0 Å². The predicted molar refractivity (Wildman–Crippen MR) is 65.8 cm³/mol. The molecule has 7 heteroatoms. The Morgan fingerprint density at radius 2 is 2.29 bits per heavy atom. The van der Waals surface area contributed by atoms with Crippen molar-refractivity contribution in [1.82, 2.24) is 20.2 Å². The Morgan fingerprint density at radius 3 is 3.12 bits per heavy atom. The topological polar surface area (TPSA) is 61.4 Å². The quantitative estimate of drug-likeness (QED) is 0.765. The SMILES string of the molecule is O=C1NCC2CN(c3cc(Br)ncn3)CCN12. The molecule has 3 heterocycles. The van der Waals surface area contributed by atoms with Crippen LogP contribution in [-0.4, -0.2) is 53.1 Å². The molecule has 0 spiro atoms. The summed E-state index contributed by atoms with van der Waals surface area (Å²) in [5.74, 6) is 0.908. The molecule has 2 fully saturated rings. The Morgan fingerprint density at radius 1 is 1.41 bits per heavy atom. The Kier molecular flexibility index (Phi) is 2.62. The minimum atomic E-state index is 0.0542. The second-order valence-corrected chi connectivity index (χ2v) is 4.99. The van der Waals surface area contributed by atoms with Gasteiger partial charge in [0, 0.05) is 32.2 Å². The lowest BCUT2D eigenvalue weighted by Gasteiger charge is -2.36. The van der Waals surface area contributed by atoms with E-state index in [1.807, 2.05) is 11.0 Å². The highest BCUT2D eigenvalue weighted by Crippen LogP contribution is 2.20. The van der Waals surface area contributed by atoms with Gasteiger partial charge in [0.1, 0.15) is 16.7 Å². The first-order valence-electron chi connectivity index (χ1n) is 5.51. The molecule has 2 amide bonds. The number of carbonyl (C=O) groups excluding carboxylic acids is 1. The van der Waals surface area contributed by atoms with Crippen LogP contribution in [0.1, 0.15) is 0 Å². The normalized spacial score (nSPS) is 23.6. The molecule has 0 aromatic carbocycles. The van der Waals surface area contributed by atoms with E-state index >= 15 is 0 Å². The van der Waals surface area contributed by atoms with Crippen LogP contribution in [0.2, 0.25) is 0 Å². The molecule has 1 unspecified atom stereocenters. The van der Waals surface area contributed by atoms with Crippen LogP contribution < -0.4 is 10.2 Å². The van der Waals surface area contributed by atoms with Crippen LogP contribution >= 0.6 is 15.9 Å². The molecule has 0 saturated carbocycles. The van der Waals surface area contributed by atoms with Gasteiger partial charge in [-0.3, -0.25) is 0 Å². The van der Waals surface area contributed by atoms with Crippen molar-refractivity contribution in [3.63, 3.8) is 0 Å². The van der Waals surface area contributed by atoms with Crippen LogP contribution in [-0.2, 0) is 0 Å². The van der Waals surface area contributed by atoms with Crippen LogP contribution in [0, 0.1) is 0 Å². The smallest absolute Gasteiger partial charge is 0.317 e. The summed E-state index contributed by atoms with van der Waals surface area (Å²) in [6.07, 6.45) is 1.55. The molecule has 1 N–H and O–H groups in total. The van der Waals surface area contributed by atoms with Crippen molar-refractivity contribution in [3.05, 3.63) is 17.0 Å². The van der Waals surface area contributed by atoms with E-state index in [2.05, 4.69) is 36.1 Å². The third kappa shape index (κ3) is 1.95. The zero-order chi connectivity index (χ0) is 11.8. The molecule has 90 valence electrons. The van der Waals surface area contributed by atoms with Crippen molar-refractivity contribution in [2.75, 3.05) is 31.1 Å². The lowest BCUT2D eigenvalue weighted by Crippen LogP contribution is -2.52. The Labute approximate surface area is 107 Å². The third-order valence-electron chi connectivity index (χ3n) is 3.18. The highest BCUT2D eigenvalue weighted by Gasteiger charge is 2.35. The molecule has 3 rings (SSSR count).